The van der Waals surface area contributed by atoms with Gasteiger partial charge in [0.05, 0.1) is 31.7 Å². The molecule has 2 bridgehead atoms. The van der Waals surface area contributed by atoms with E-state index in [0.29, 0.717) is 17.2 Å². The van der Waals surface area contributed by atoms with E-state index < -0.39 is 0 Å². The third-order valence-corrected chi connectivity index (χ3v) is 5.45. The second-order valence-corrected chi connectivity index (χ2v) is 6.48. The molecular weight excluding hydrogens is 298 g/mol. The van der Waals surface area contributed by atoms with Crippen LogP contribution >= 0.6 is 0 Å². The summed E-state index contributed by atoms with van der Waals surface area (Å²) < 4.78 is 15.9. The van der Waals surface area contributed by atoms with Crippen molar-refractivity contribution in [2.45, 2.75) is 18.9 Å². The number of esters is 1. The van der Waals surface area contributed by atoms with Gasteiger partial charge in [-0.2, -0.15) is 0 Å². The van der Waals surface area contributed by atoms with E-state index in [4.69, 9.17) is 14.2 Å². The minimum Gasteiger partial charge on any atom is -0.497 e. The molecule has 3 fully saturated rings. The minimum absolute atomic E-state index is 0.0390. The zero-order valence-electron chi connectivity index (χ0n) is 13.1. The number of nitrogens with one attached hydrogen (secondary N) is 1. The highest BCUT2D eigenvalue weighted by Crippen LogP contribution is 2.57. The van der Waals surface area contributed by atoms with Crippen molar-refractivity contribution < 1.29 is 23.8 Å². The van der Waals surface area contributed by atoms with Gasteiger partial charge in [-0.05, 0) is 30.9 Å². The monoisotopic (exact) mass is 317 g/mol. The Morgan fingerprint density at radius 2 is 2.09 bits per heavy atom. The molecule has 3 aliphatic rings. The lowest BCUT2D eigenvalue weighted by Crippen LogP contribution is -2.35. The third kappa shape index (κ3) is 2.08. The van der Waals surface area contributed by atoms with Crippen LogP contribution in [0.5, 0.6) is 11.5 Å². The highest BCUT2D eigenvalue weighted by atomic mass is 16.6. The van der Waals surface area contributed by atoms with E-state index >= 15 is 0 Å². The summed E-state index contributed by atoms with van der Waals surface area (Å²) in [5.74, 6) is 0.757. The van der Waals surface area contributed by atoms with Crippen molar-refractivity contribution in [1.82, 2.24) is 0 Å². The van der Waals surface area contributed by atoms with E-state index in [1.165, 1.54) is 0 Å². The van der Waals surface area contributed by atoms with E-state index in [1.54, 1.807) is 32.4 Å². The molecule has 0 aromatic heterocycles. The zero-order valence-corrected chi connectivity index (χ0v) is 13.1. The summed E-state index contributed by atoms with van der Waals surface area (Å²) in [5, 5.41) is 2.92. The van der Waals surface area contributed by atoms with Crippen LogP contribution in [0.2, 0.25) is 0 Å². The summed E-state index contributed by atoms with van der Waals surface area (Å²) in [7, 11) is 3.12. The van der Waals surface area contributed by atoms with E-state index in [9.17, 15) is 9.59 Å². The molecule has 0 unspecified atom stereocenters. The van der Waals surface area contributed by atoms with E-state index in [0.717, 1.165) is 12.8 Å². The van der Waals surface area contributed by atoms with Crippen molar-refractivity contribution >= 4 is 17.6 Å². The van der Waals surface area contributed by atoms with Gasteiger partial charge in [0.2, 0.25) is 5.91 Å². The van der Waals surface area contributed by atoms with Gasteiger partial charge >= 0.3 is 5.97 Å². The van der Waals surface area contributed by atoms with Crippen molar-refractivity contribution in [1.29, 1.82) is 0 Å². The number of rotatable bonds is 4. The van der Waals surface area contributed by atoms with Gasteiger partial charge in [0, 0.05) is 12.0 Å². The molecule has 23 heavy (non-hydrogen) atoms. The fraction of sp³-hybridized carbons (Fsp3) is 0.529. The van der Waals surface area contributed by atoms with Gasteiger partial charge in [-0.3, -0.25) is 9.59 Å². The number of hydrogen-bond donors (Lipinski definition) is 1. The molecule has 1 heterocycles. The molecule has 1 amide bonds. The quantitative estimate of drug-likeness (QED) is 0.858. The van der Waals surface area contributed by atoms with Crippen molar-refractivity contribution in [3.8, 4) is 11.5 Å². The molecule has 1 N–H and O–H groups in total. The maximum atomic E-state index is 12.8. The van der Waals surface area contributed by atoms with Crippen LogP contribution in [-0.2, 0) is 14.3 Å². The highest BCUT2D eigenvalue weighted by Gasteiger charge is 2.63. The number of anilines is 1. The molecule has 1 aromatic carbocycles. The lowest BCUT2D eigenvalue weighted by Gasteiger charge is -2.24. The minimum atomic E-state index is -0.293. The largest absolute Gasteiger partial charge is 0.497 e. The Hall–Kier alpha value is -2.24. The molecule has 2 saturated carbocycles. The van der Waals surface area contributed by atoms with Crippen molar-refractivity contribution in [3.05, 3.63) is 18.2 Å². The first kappa shape index (κ1) is 14.4. The smallest absolute Gasteiger partial charge is 0.310 e. The predicted octanol–water partition coefficient (Wildman–Crippen LogP) is 1.84. The fourth-order valence-electron chi connectivity index (χ4n) is 4.48. The summed E-state index contributed by atoms with van der Waals surface area (Å²) in [5.41, 5.74) is 0.587. The highest BCUT2D eigenvalue weighted by molar-refractivity contribution is 5.98. The van der Waals surface area contributed by atoms with Gasteiger partial charge in [0.25, 0.3) is 0 Å². The summed E-state index contributed by atoms with van der Waals surface area (Å²) in [6.07, 6.45) is 1.76. The topological polar surface area (TPSA) is 73.9 Å². The number of ether oxygens (including phenoxy) is 3. The molecule has 5 atom stereocenters. The molecule has 6 nitrogen and oxygen atoms in total. The van der Waals surface area contributed by atoms with Gasteiger partial charge < -0.3 is 19.5 Å². The number of benzene rings is 1. The Labute approximate surface area is 134 Å². The van der Waals surface area contributed by atoms with Crippen molar-refractivity contribution in [2.24, 2.45) is 23.7 Å². The number of fused-ring (bicyclic) bond motifs is 1. The van der Waals surface area contributed by atoms with Crippen molar-refractivity contribution in [2.75, 3.05) is 19.5 Å². The van der Waals surface area contributed by atoms with Gasteiger partial charge in [0.15, 0.2) is 0 Å². The molecule has 4 rings (SSSR count). The normalized spacial score (nSPS) is 33.5. The first-order valence-electron chi connectivity index (χ1n) is 7.85. The predicted molar refractivity (Wildman–Crippen MR) is 81.2 cm³/mol. The standard InChI is InChI=1S/C17H19NO5/c1-21-9-3-4-11(13(7-9)22-2)18-16(19)14-8-5-10-12(6-8)23-17(20)15(10)14/h3-4,7-8,10,12,14-15H,5-6H2,1-2H3,(H,18,19)/t8-,10-,12+,14+,15-/m0/s1. The summed E-state index contributed by atoms with van der Waals surface area (Å²) >= 11 is 0. The van der Waals surface area contributed by atoms with Crippen molar-refractivity contribution in [3.63, 3.8) is 0 Å². The summed E-state index contributed by atoms with van der Waals surface area (Å²) in [6, 6.07) is 5.23. The number of hydrogen-bond acceptors (Lipinski definition) is 5. The molecule has 0 spiro atoms. The maximum absolute atomic E-state index is 12.8. The molecule has 122 valence electrons. The van der Waals surface area contributed by atoms with Crippen LogP contribution in [0.3, 0.4) is 0 Å². The lowest BCUT2D eigenvalue weighted by atomic mass is 9.79. The Morgan fingerprint density at radius 3 is 2.83 bits per heavy atom. The van der Waals surface area contributed by atoms with Crippen LogP contribution in [0.1, 0.15) is 12.8 Å². The molecule has 1 aliphatic heterocycles. The SMILES string of the molecule is COc1ccc(NC(=O)[C@@H]2[C@H]3C[C@@H]4[C@@H]2C(=O)O[C@@H]4C3)c(OC)c1. The van der Waals surface area contributed by atoms with E-state index in [-0.39, 0.29) is 41.7 Å². The molecule has 1 aromatic rings. The molecule has 2 aliphatic carbocycles. The number of amides is 1. The Bertz CT molecular complexity index is 671. The van der Waals surface area contributed by atoms with E-state index in [2.05, 4.69) is 5.32 Å². The number of carbonyl (C=O) groups is 2. The Morgan fingerprint density at radius 1 is 1.26 bits per heavy atom. The fourth-order valence-corrected chi connectivity index (χ4v) is 4.48. The van der Waals surface area contributed by atoms with E-state index in [1.807, 2.05) is 0 Å². The second kappa shape index (κ2) is 5.15. The first-order chi connectivity index (χ1) is 11.1. The molecule has 0 radical (unpaired) electrons. The van der Waals surface area contributed by atoms with Crippen LogP contribution in [-0.4, -0.2) is 32.2 Å². The number of methoxy groups -OCH3 is 2. The number of carbonyl (C=O) groups excluding carboxylic acids is 2. The Balaban J connectivity index is 1.56. The Kier molecular flexibility index (Phi) is 3.21. The average Bonchev–Trinajstić information content (AvgIpc) is 3.16. The van der Waals surface area contributed by atoms with Crippen LogP contribution < -0.4 is 14.8 Å². The zero-order chi connectivity index (χ0) is 16.1. The summed E-state index contributed by atoms with van der Waals surface area (Å²) in [6.45, 7) is 0. The van der Waals surface area contributed by atoms with Gasteiger partial charge in [-0.1, -0.05) is 0 Å². The maximum Gasteiger partial charge on any atom is 0.310 e. The molecular formula is C17H19NO5. The second-order valence-electron chi connectivity index (χ2n) is 6.48. The van der Waals surface area contributed by atoms with Gasteiger partial charge in [0.1, 0.15) is 17.6 Å². The molecule has 1 saturated heterocycles. The third-order valence-electron chi connectivity index (χ3n) is 5.45. The first-order valence-corrected chi connectivity index (χ1v) is 7.85. The molecule has 6 heteroatoms. The summed E-state index contributed by atoms with van der Waals surface area (Å²) in [4.78, 5) is 24.8. The van der Waals surface area contributed by atoms with Gasteiger partial charge in [-0.15, -0.1) is 0 Å². The van der Waals surface area contributed by atoms with Crippen LogP contribution in [0.25, 0.3) is 0 Å². The van der Waals surface area contributed by atoms with Crippen LogP contribution in [0, 0.1) is 23.7 Å². The average molecular weight is 317 g/mol. The van der Waals surface area contributed by atoms with Crippen LogP contribution in [0.15, 0.2) is 18.2 Å². The van der Waals surface area contributed by atoms with Crippen LogP contribution in [0.4, 0.5) is 5.69 Å². The lowest BCUT2D eigenvalue weighted by molar-refractivity contribution is -0.145. The van der Waals surface area contributed by atoms with Gasteiger partial charge in [-0.25, -0.2) is 0 Å².